The van der Waals surface area contributed by atoms with E-state index in [2.05, 4.69) is 20.2 Å². The molecule has 338 valence electrons. The van der Waals surface area contributed by atoms with Gasteiger partial charge in [-0.2, -0.15) is 5.10 Å². The van der Waals surface area contributed by atoms with Crippen LogP contribution in [0.15, 0.2) is 84.0 Å². The van der Waals surface area contributed by atoms with Crippen LogP contribution in [0.1, 0.15) is 79.8 Å². The molecule has 0 saturated carbocycles. The molecule has 4 aliphatic rings. The Balaban J connectivity index is 0.696. The lowest BCUT2D eigenvalue weighted by molar-refractivity contribution is -0.137. The van der Waals surface area contributed by atoms with Crippen molar-refractivity contribution < 1.29 is 28.7 Å². The van der Waals surface area contributed by atoms with Gasteiger partial charge in [0.1, 0.15) is 35.4 Å². The fraction of sp³-hybridized carbons (Fsp3) is 0.417. The Hall–Kier alpha value is -6.33. The molecule has 3 N–H and O–H groups in total. The SMILES string of the molecule is Nc1ncnc2c1c(-c1ccc(Oc3ccccc3)cc1)nn2C1CCCN(C(=O)CCCN2CCN(C(=O)CCCCSc3cccc4c3CN(C3CCC(=O)NC3=O)C4=O)CC2)C1. The maximum atomic E-state index is 13.6. The van der Waals surface area contributed by atoms with E-state index in [1.807, 2.05) is 81.2 Å². The Labute approximate surface area is 381 Å². The Morgan fingerprint density at radius 3 is 2.38 bits per heavy atom. The van der Waals surface area contributed by atoms with Crippen molar-refractivity contribution >= 4 is 58.1 Å². The molecule has 16 nitrogen and oxygen atoms in total. The van der Waals surface area contributed by atoms with Gasteiger partial charge in [0.2, 0.25) is 23.6 Å². The zero-order chi connectivity index (χ0) is 44.9. The largest absolute Gasteiger partial charge is 0.457 e. The van der Waals surface area contributed by atoms with Crippen LogP contribution in [0.25, 0.3) is 22.3 Å². The predicted octanol–water partition coefficient (Wildman–Crippen LogP) is 5.68. The Morgan fingerprint density at radius 1 is 0.815 bits per heavy atom. The van der Waals surface area contributed by atoms with Crippen LogP contribution >= 0.6 is 11.8 Å². The number of nitrogen functional groups attached to an aromatic ring is 1. The second kappa shape index (κ2) is 19.8. The maximum absolute atomic E-state index is 13.6. The number of para-hydroxylation sites is 1. The number of likely N-dealkylation sites (tertiary alicyclic amines) is 1. The number of hydrogen-bond acceptors (Lipinski definition) is 12. The Bertz CT molecular complexity index is 2560. The summed E-state index contributed by atoms with van der Waals surface area (Å²) >= 11 is 1.68. The molecule has 3 fully saturated rings. The molecule has 5 amide bonds. The number of fused-ring (bicyclic) bond motifs is 2. The van der Waals surface area contributed by atoms with Crippen molar-refractivity contribution in [1.29, 1.82) is 0 Å². The monoisotopic (exact) mass is 898 g/mol. The molecule has 6 heterocycles. The summed E-state index contributed by atoms with van der Waals surface area (Å²) in [4.78, 5) is 81.7. The molecule has 4 aliphatic heterocycles. The van der Waals surface area contributed by atoms with Crippen LogP contribution in [0.4, 0.5) is 5.82 Å². The van der Waals surface area contributed by atoms with Crippen LogP contribution in [-0.4, -0.2) is 126 Å². The number of carbonyl (C=O) groups is 5. The van der Waals surface area contributed by atoms with Crippen molar-refractivity contribution in [2.75, 3.05) is 57.3 Å². The summed E-state index contributed by atoms with van der Waals surface area (Å²) in [5, 5.41) is 8.11. The molecule has 0 bridgehead atoms. The number of nitrogens with one attached hydrogen (secondary N) is 1. The van der Waals surface area contributed by atoms with Gasteiger partial charge < -0.3 is 25.2 Å². The lowest BCUT2D eigenvalue weighted by atomic mass is 10.0. The average Bonchev–Trinajstić information content (AvgIpc) is 3.89. The van der Waals surface area contributed by atoms with Crippen molar-refractivity contribution in [3.05, 3.63) is 90.3 Å². The van der Waals surface area contributed by atoms with E-state index in [4.69, 9.17) is 15.6 Å². The number of piperazine rings is 1. The first-order valence-electron chi connectivity index (χ1n) is 22.7. The maximum Gasteiger partial charge on any atom is 0.255 e. The second-order valence-electron chi connectivity index (χ2n) is 17.1. The van der Waals surface area contributed by atoms with Gasteiger partial charge in [0.15, 0.2) is 5.65 Å². The van der Waals surface area contributed by atoms with Crippen LogP contribution in [0.3, 0.4) is 0 Å². The van der Waals surface area contributed by atoms with E-state index in [1.54, 1.807) is 22.7 Å². The fourth-order valence-electron chi connectivity index (χ4n) is 9.38. The molecular formula is C48H54N10O6S. The molecule has 3 saturated heterocycles. The average molecular weight is 899 g/mol. The Morgan fingerprint density at radius 2 is 1.58 bits per heavy atom. The van der Waals surface area contributed by atoms with Crippen molar-refractivity contribution in [3.8, 4) is 22.8 Å². The first kappa shape index (κ1) is 43.9. The van der Waals surface area contributed by atoms with Gasteiger partial charge in [0.05, 0.1) is 11.4 Å². The minimum absolute atomic E-state index is 0.0558. The molecular weight excluding hydrogens is 845 g/mol. The third-order valence-corrected chi connectivity index (χ3v) is 14.1. The number of benzene rings is 3. The van der Waals surface area contributed by atoms with Crippen LogP contribution in [0, 0.1) is 0 Å². The fourth-order valence-corrected chi connectivity index (χ4v) is 10.5. The van der Waals surface area contributed by atoms with Crippen molar-refractivity contribution in [3.63, 3.8) is 0 Å². The number of rotatable bonds is 15. The molecule has 3 aromatic carbocycles. The highest BCUT2D eigenvalue weighted by Gasteiger charge is 2.40. The van der Waals surface area contributed by atoms with E-state index in [9.17, 15) is 24.0 Å². The lowest BCUT2D eigenvalue weighted by Gasteiger charge is -2.35. The zero-order valence-electron chi connectivity index (χ0n) is 36.4. The quantitative estimate of drug-likeness (QED) is 0.0745. The minimum Gasteiger partial charge on any atom is -0.457 e. The van der Waals surface area contributed by atoms with E-state index in [-0.39, 0.29) is 36.1 Å². The lowest BCUT2D eigenvalue weighted by Crippen LogP contribution is -2.52. The first-order chi connectivity index (χ1) is 31.7. The molecule has 0 radical (unpaired) electrons. The highest BCUT2D eigenvalue weighted by Crippen LogP contribution is 2.37. The number of nitrogens with two attached hydrogens (primary N) is 1. The molecule has 5 aromatic rings. The first-order valence-corrected chi connectivity index (χ1v) is 23.7. The molecule has 65 heavy (non-hydrogen) atoms. The standard InChI is InChI=1S/C48H54N10O6S/c49-45-43-44(32-16-18-35(19-17-32)64-34-10-2-1-3-11-34)53-58(46(43)51-31-50-45)33-9-7-23-56(29-33)42(61)15-8-22-54-24-26-55(27-25-54)41(60)14-4-5-28-65-39-13-6-12-36-37(39)30-57(48(36)63)38-20-21-40(59)52-47(38)62/h1-3,6,10-13,16-19,31,33,38H,4-5,7-9,14-15,20-30H2,(H2,49,50,51)(H,52,59,62). The summed E-state index contributed by atoms with van der Waals surface area (Å²) in [6.45, 7) is 5.36. The van der Waals surface area contributed by atoms with Crippen LogP contribution in [0.2, 0.25) is 0 Å². The third kappa shape index (κ3) is 9.85. The van der Waals surface area contributed by atoms with Gasteiger partial charge in [-0.05, 0) is 105 Å². The molecule has 0 aliphatic carbocycles. The van der Waals surface area contributed by atoms with Gasteiger partial charge in [0, 0.05) is 81.1 Å². The molecule has 9 rings (SSSR count). The highest BCUT2D eigenvalue weighted by atomic mass is 32.2. The number of nitrogens with zero attached hydrogens (tertiary/aromatic N) is 8. The number of unbranched alkanes of at least 4 members (excludes halogenated alkanes) is 1. The van der Waals surface area contributed by atoms with E-state index < -0.39 is 11.9 Å². The van der Waals surface area contributed by atoms with Crippen LogP contribution in [-0.2, 0) is 25.7 Å². The summed E-state index contributed by atoms with van der Waals surface area (Å²) in [6.07, 6.45) is 7.10. The number of piperidine rings is 2. The summed E-state index contributed by atoms with van der Waals surface area (Å²) in [6, 6.07) is 22.3. The van der Waals surface area contributed by atoms with Crippen LogP contribution in [0.5, 0.6) is 11.5 Å². The summed E-state index contributed by atoms with van der Waals surface area (Å²) < 4.78 is 7.92. The van der Waals surface area contributed by atoms with Gasteiger partial charge >= 0.3 is 0 Å². The van der Waals surface area contributed by atoms with E-state index in [0.717, 1.165) is 79.3 Å². The van der Waals surface area contributed by atoms with E-state index >= 15 is 0 Å². The molecule has 17 heteroatoms. The molecule has 2 unspecified atom stereocenters. The van der Waals surface area contributed by atoms with Crippen molar-refractivity contribution in [2.24, 2.45) is 0 Å². The molecule has 2 aromatic heterocycles. The minimum atomic E-state index is -0.635. The number of ether oxygens (including phenoxy) is 1. The number of imide groups is 1. The van der Waals surface area contributed by atoms with Gasteiger partial charge in [0.25, 0.3) is 5.91 Å². The second-order valence-corrected chi connectivity index (χ2v) is 18.3. The van der Waals surface area contributed by atoms with Gasteiger partial charge in [-0.1, -0.05) is 24.3 Å². The smallest absolute Gasteiger partial charge is 0.255 e. The third-order valence-electron chi connectivity index (χ3n) is 12.9. The van der Waals surface area contributed by atoms with Gasteiger partial charge in [-0.15, -0.1) is 11.8 Å². The zero-order valence-corrected chi connectivity index (χ0v) is 37.2. The number of amides is 5. The van der Waals surface area contributed by atoms with E-state index in [0.29, 0.717) is 85.8 Å². The van der Waals surface area contributed by atoms with Crippen LogP contribution < -0.4 is 15.8 Å². The number of hydrogen-bond donors (Lipinski definition) is 2. The highest BCUT2D eigenvalue weighted by molar-refractivity contribution is 7.99. The number of aromatic nitrogens is 4. The Kier molecular flexibility index (Phi) is 13.4. The number of carbonyl (C=O) groups excluding carboxylic acids is 5. The molecule has 2 atom stereocenters. The number of anilines is 1. The molecule has 0 spiro atoms. The normalized spacial score (nSPS) is 19.1. The van der Waals surface area contributed by atoms with Crippen molar-refractivity contribution in [2.45, 2.75) is 81.3 Å². The number of thioether (sulfide) groups is 1. The summed E-state index contributed by atoms with van der Waals surface area (Å²) in [5.41, 5.74) is 10.2. The predicted molar refractivity (Wildman–Crippen MR) is 246 cm³/mol. The van der Waals surface area contributed by atoms with E-state index in [1.165, 1.54) is 6.33 Å². The summed E-state index contributed by atoms with van der Waals surface area (Å²) in [5.74, 6) is 2.07. The summed E-state index contributed by atoms with van der Waals surface area (Å²) in [7, 11) is 0. The van der Waals surface area contributed by atoms with Crippen molar-refractivity contribution in [1.82, 2.24) is 44.7 Å². The van der Waals surface area contributed by atoms with Gasteiger partial charge in [-0.3, -0.25) is 34.2 Å². The topological polar surface area (TPSA) is 189 Å². The van der Waals surface area contributed by atoms with Gasteiger partial charge in [-0.25, -0.2) is 14.6 Å².